The van der Waals surface area contributed by atoms with E-state index in [1.165, 1.54) is 11.3 Å². The maximum Gasteiger partial charge on any atom is 0.408 e. The van der Waals surface area contributed by atoms with Crippen LogP contribution in [0.3, 0.4) is 0 Å². The van der Waals surface area contributed by atoms with E-state index in [0.29, 0.717) is 5.52 Å². The van der Waals surface area contributed by atoms with Crippen LogP contribution in [-0.4, -0.2) is 32.6 Å². The molecule has 0 saturated heterocycles. The van der Waals surface area contributed by atoms with Gasteiger partial charge in [-0.1, -0.05) is 36.4 Å². The average molecular weight is 451 g/mol. The molecular weight excluding hydrogens is 428 g/mol. The van der Waals surface area contributed by atoms with Crippen LogP contribution in [0.2, 0.25) is 0 Å². The highest BCUT2D eigenvalue weighted by Crippen LogP contribution is 2.29. The van der Waals surface area contributed by atoms with Crippen molar-refractivity contribution in [3.8, 4) is 11.1 Å². The Kier molecular flexibility index (Phi) is 5.75. The Morgan fingerprint density at radius 3 is 2.53 bits per heavy atom. The van der Waals surface area contributed by atoms with Crippen LogP contribution < -0.4 is 5.32 Å². The second-order valence-corrected chi connectivity index (χ2v) is 9.30. The van der Waals surface area contributed by atoms with Crippen molar-refractivity contribution in [3.05, 3.63) is 65.3 Å². The summed E-state index contributed by atoms with van der Waals surface area (Å²) in [7, 11) is 0. The molecule has 0 radical (unpaired) electrons. The summed E-state index contributed by atoms with van der Waals surface area (Å²) in [6.45, 7) is 7.10. The molecule has 0 fully saturated rings. The van der Waals surface area contributed by atoms with Crippen LogP contribution in [0, 0.1) is 0 Å². The minimum atomic E-state index is -0.810. The number of alkyl carbamates (subject to hydrolysis) is 1. The molecule has 32 heavy (non-hydrogen) atoms. The van der Waals surface area contributed by atoms with Gasteiger partial charge in [0.1, 0.15) is 0 Å². The van der Waals surface area contributed by atoms with Gasteiger partial charge in [-0.15, -0.1) is 21.5 Å². The molecular formula is C23H22N4O4S. The Morgan fingerprint density at radius 2 is 1.81 bits per heavy atom. The number of nitrogens with one attached hydrogen (secondary N) is 1. The van der Waals surface area contributed by atoms with Gasteiger partial charge in [0.25, 0.3) is 17.6 Å². The molecule has 0 saturated carbocycles. The van der Waals surface area contributed by atoms with Crippen LogP contribution >= 0.6 is 11.3 Å². The number of hydrogen-bond donors (Lipinski definition) is 1. The first-order valence-corrected chi connectivity index (χ1v) is 10.8. The van der Waals surface area contributed by atoms with Crippen molar-refractivity contribution in [1.82, 2.24) is 20.5 Å². The number of hydrogen-bond acceptors (Lipinski definition) is 8. The molecule has 0 bridgehead atoms. The van der Waals surface area contributed by atoms with Crippen molar-refractivity contribution < 1.29 is 18.7 Å². The molecule has 0 aliphatic heterocycles. The van der Waals surface area contributed by atoms with Gasteiger partial charge in [0.05, 0.1) is 10.2 Å². The van der Waals surface area contributed by atoms with E-state index in [4.69, 9.17) is 9.15 Å². The van der Waals surface area contributed by atoms with Gasteiger partial charge in [0, 0.05) is 5.54 Å². The third kappa shape index (κ3) is 4.83. The molecule has 2 aromatic heterocycles. The van der Waals surface area contributed by atoms with Crippen LogP contribution in [0.15, 0.2) is 52.9 Å². The highest BCUT2D eigenvalue weighted by Gasteiger charge is 2.25. The number of nitrogens with zero attached hydrogens (tertiary/aromatic N) is 3. The van der Waals surface area contributed by atoms with Gasteiger partial charge < -0.3 is 14.5 Å². The quantitative estimate of drug-likeness (QED) is 0.418. The fraction of sp³-hybridized carbons (Fsp3) is 0.261. The SMILES string of the molecule is C[C@@H](OC(=O)NC(C)(C)C)c1nnc(C(=O)c2nc3ccc(-c4ccccc4)cc3s2)o1. The standard InChI is InChI=1S/C23H22N4O4S/c1-13(30-22(29)25-23(2,3)4)19-26-27-20(31-19)18(28)21-24-16-11-10-15(12-17(16)32-21)14-8-6-5-7-9-14/h5-13H,1-4H3,(H,25,29)/t13-/m1/s1. The van der Waals surface area contributed by atoms with E-state index in [0.717, 1.165) is 15.8 Å². The molecule has 0 aliphatic carbocycles. The molecule has 2 aromatic carbocycles. The first-order valence-electron chi connectivity index (χ1n) is 10.0. The molecule has 1 N–H and O–H groups in total. The van der Waals surface area contributed by atoms with Gasteiger partial charge in [0.15, 0.2) is 11.1 Å². The molecule has 1 atom stereocenters. The van der Waals surface area contributed by atoms with Crippen molar-refractivity contribution in [2.75, 3.05) is 0 Å². The van der Waals surface area contributed by atoms with Crippen LogP contribution in [-0.2, 0) is 4.74 Å². The van der Waals surface area contributed by atoms with Crippen molar-refractivity contribution in [3.63, 3.8) is 0 Å². The number of rotatable bonds is 5. The Labute approximate surface area is 188 Å². The average Bonchev–Trinajstić information content (AvgIpc) is 3.39. The van der Waals surface area contributed by atoms with E-state index in [1.807, 2.05) is 69.3 Å². The lowest BCUT2D eigenvalue weighted by molar-refractivity contribution is 0.0839. The Morgan fingerprint density at radius 1 is 1.06 bits per heavy atom. The number of carbonyl (C=O) groups excluding carboxylic acids is 2. The number of thiazole rings is 1. The number of carbonyl (C=O) groups is 2. The Bertz CT molecular complexity index is 1270. The van der Waals surface area contributed by atoms with E-state index in [2.05, 4.69) is 20.5 Å². The van der Waals surface area contributed by atoms with Crippen LogP contribution in [0.25, 0.3) is 21.3 Å². The minimum Gasteiger partial charge on any atom is -0.436 e. The molecule has 0 spiro atoms. The van der Waals surface area contributed by atoms with Crippen molar-refractivity contribution in [1.29, 1.82) is 0 Å². The summed E-state index contributed by atoms with van der Waals surface area (Å²) in [5.74, 6) is -0.642. The first kappa shape index (κ1) is 21.6. The molecule has 164 valence electrons. The molecule has 2 heterocycles. The third-order valence-corrected chi connectivity index (χ3v) is 5.45. The van der Waals surface area contributed by atoms with E-state index in [-0.39, 0.29) is 16.8 Å². The maximum atomic E-state index is 12.8. The van der Waals surface area contributed by atoms with Crippen molar-refractivity contribution >= 4 is 33.4 Å². The lowest BCUT2D eigenvalue weighted by Gasteiger charge is -2.21. The monoisotopic (exact) mass is 450 g/mol. The highest BCUT2D eigenvalue weighted by atomic mass is 32.1. The predicted octanol–water partition coefficient (Wildman–Crippen LogP) is 5.16. The molecule has 0 aliphatic rings. The number of amides is 1. The fourth-order valence-corrected chi connectivity index (χ4v) is 3.90. The van der Waals surface area contributed by atoms with Crippen LogP contribution in [0.4, 0.5) is 4.79 Å². The lowest BCUT2D eigenvalue weighted by atomic mass is 10.1. The highest BCUT2D eigenvalue weighted by molar-refractivity contribution is 7.20. The van der Waals surface area contributed by atoms with E-state index in [1.54, 1.807) is 6.92 Å². The lowest BCUT2D eigenvalue weighted by Crippen LogP contribution is -2.41. The normalized spacial score (nSPS) is 12.5. The second-order valence-electron chi connectivity index (χ2n) is 8.26. The summed E-state index contributed by atoms with van der Waals surface area (Å²) in [4.78, 5) is 29.2. The summed E-state index contributed by atoms with van der Waals surface area (Å²) in [6.07, 6.45) is -1.42. The van der Waals surface area contributed by atoms with Gasteiger partial charge in [-0.05, 0) is 51.0 Å². The molecule has 9 heteroatoms. The molecule has 1 amide bonds. The van der Waals surface area contributed by atoms with E-state index < -0.39 is 23.5 Å². The van der Waals surface area contributed by atoms with Gasteiger partial charge in [-0.25, -0.2) is 9.78 Å². The number of ketones is 1. The van der Waals surface area contributed by atoms with Gasteiger partial charge in [-0.3, -0.25) is 4.79 Å². The van der Waals surface area contributed by atoms with E-state index >= 15 is 0 Å². The number of ether oxygens (including phenoxy) is 1. The smallest absolute Gasteiger partial charge is 0.408 e. The number of benzene rings is 2. The topological polar surface area (TPSA) is 107 Å². The Hall–Kier alpha value is -3.59. The molecule has 4 aromatic rings. The maximum absolute atomic E-state index is 12.8. The largest absolute Gasteiger partial charge is 0.436 e. The fourth-order valence-electron chi connectivity index (χ4n) is 2.96. The third-order valence-electron chi connectivity index (χ3n) is 4.43. The van der Waals surface area contributed by atoms with Crippen molar-refractivity contribution in [2.24, 2.45) is 0 Å². The zero-order chi connectivity index (χ0) is 22.9. The van der Waals surface area contributed by atoms with Gasteiger partial charge >= 0.3 is 6.09 Å². The van der Waals surface area contributed by atoms with Crippen LogP contribution in [0.5, 0.6) is 0 Å². The summed E-state index contributed by atoms with van der Waals surface area (Å²) in [5.41, 5.74) is 2.40. The summed E-state index contributed by atoms with van der Waals surface area (Å²) >= 11 is 1.26. The second kappa shape index (κ2) is 8.51. The summed E-state index contributed by atoms with van der Waals surface area (Å²) in [5, 5.41) is 10.6. The number of fused-ring (bicyclic) bond motifs is 1. The van der Waals surface area contributed by atoms with Crippen LogP contribution in [0.1, 0.15) is 55.4 Å². The van der Waals surface area contributed by atoms with Gasteiger partial charge in [0.2, 0.25) is 0 Å². The van der Waals surface area contributed by atoms with Gasteiger partial charge in [-0.2, -0.15) is 0 Å². The first-order chi connectivity index (χ1) is 15.2. The van der Waals surface area contributed by atoms with E-state index in [9.17, 15) is 9.59 Å². The predicted molar refractivity (Wildman–Crippen MR) is 121 cm³/mol. The number of aromatic nitrogens is 3. The zero-order valence-electron chi connectivity index (χ0n) is 18.1. The molecule has 0 unspecified atom stereocenters. The zero-order valence-corrected chi connectivity index (χ0v) is 18.9. The summed E-state index contributed by atoms with van der Waals surface area (Å²) in [6, 6.07) is 15.8. The molecule has 4 rings (SSSR count). The Balaban J connectivity index is 1.51. The summed E-state index contributed by atoms with van der Waals surface area (Å²) < 4.78 is 11.6. The minimum absolute atomic E-state index is 0.0323. The van der Waals surface area contributed by atoms with Crippen molar-refractivity contribution in [2.45, 2.75) is 39.3 Å². The molecule has 8 nitrogen and oxygen atoms in total.